The maximum Gasteiger partial charge on any atom is 0.302 e. The lowest BCUT2D eigenvalue weighted by atomic mass is 10.2. The predicted octanol–water partition coefficient (Wildman–Crippen LogP) is 0.0243. The maximum atomic E-state index is 11.8. The van der Waals surface area contributed by atoms with E-state index in [-0.39, 0.29) is 12.5 Å². The van der Waals surface area contributed by atoms with Crippen molar-refractivity contribution in [3.63, 3.8) is 0 Å². The predicted molar refractivity (Wildman–Crippen MR) is 92.4 cm³/mol. The van der Waals surface area contributed by atoms with Crippen molar-refractivity contribution in [1.82, 2.24) is 19.9 Å². The molecular weight excluding hydrogens is 322 g/mol. The fourth-order valence-electron chi connectivity index (χ4n) is 2.71. The molecule has 0 bridgehead atoms. The number of fused-ring (bicyclic) bond motifs is 1. The number of primary amides is 1. The lowest BCUT2D eigenvalue weighted by Gasteiger charge is -2.34. The Bertz CT molecular complexity index is 872. The molecular formula is C16H17N7O2. The van der Waals surface area contributed by atoms with Crippen molar-refractivity contribution in [3.05, 3.63) is 35.5 Å². The first kappa shape index (κ1) is 16.4. The smallest absolute Gasteiger partial charge is 0.302 e. The van der Waals surface area contributed by atoms with Crippen molar-refractivity contribution in [1.29, 1.82) is 0 Å². The van der Waals surface area contributed by atoms with E-state index in [1.807, 2.05) is 4.90 Å². The van der Waals surface area contributed by atoms with Gasteiger partial charge in [-0.25, -0.2) is 16.5 Å². The number of aromatic nitrogens is 3. The molecule has 1 saturated heterocycles. The van der Waals surface area contributed by atoms with Gasteiger partial charge < -0.3 is 25.4 Å². The van der Waals surface area contributed by atoms with Gasteiger partial charge in [0.15, 0.2) is 5.65 Å². The second-order valence-corrected chi connectivity index (χ2v) is 5.59. The number of carbonyl (C=O) groups excluding carboxylic acids is 2. The summed E-state index contributed by atoms with van der Waals surface area (Å²) in [6, 6.07) is 0. The van der Waals surface area contributed by atoms with Crippen LogP contribution in [0.25, 0.3) is 22.1 Å². The van der Waals surface area contributed by atoms with Gasteiger partial charge in [0.25, 0.3) is 6.54 Å². The Morgan fingerprint density at radius 1 is 1.36 bits per heavy atom. The molecule has 0 aromatic carbocycles. The molecule has 9 heteroatoms. The average Bonchev–Trinajstić information content (AvgIpc) is 3.02. The van der Waals surface area contributed by atoms with Gasteiger partial charge in [0.05, 0.1) is 6.20 Å². The first-order chi connectivity index (χ1) is 12.1. The van der Waals surface area contributed by atoms with Crippen LogP contribution in [0.5, 0.6) is 0 Å². The lowest BCUT2D eigenvalue weighted by molar-refractivity contribution is -0.129. The topological polar surface area (TPSA) is 113 Å². The fourth-order valence-corrected chi connectivity index (χ4v) is 2.71. The lowest BCUT2D eigenvalue weighted by Crippen LogP contribution is -2.49. The van der Waals surface area contributed by atoms with Crippen molar-refractivity contribution >= 4 is 34.9 Å². The molecule has 25 heavy (non-hydrogen) atoms. The maximum absolute atomic E-state index is 11.8. The molecule has 0 unspecified atom stereocenters. The zero-order valence-corrected chi connectivity index (χ0v) is 13.5. The Balaban J connectivity index is 1.76. The quantitative estimate of drug-likeness (QED) is 0.602. The number of nitrogens with zero attached hydrogens (tertiary/aromatic N) is 5. The number of nitrogens with two attached hydrogens (primary N) is 1. The molecule has 1 fully saturated rings. The third kappa shape index (κ3) is 3.58. The SMILES string of the molecule is [C-]#[N+]CC(=O)N1CCN(c2cnc3[nH]cc(/C=C/C(N)=O)c3n2)CC1. The molecule has 0 saturated carbocycles. The normalized spacial score (nSPS) is 14.8. The minimum atomic E-state index is -0.529. The van der Waals surface area contributed by atoms with E-state index in [0.717, 1.165) is 5.56 Å². The van der Waals surface area contributed by atoms with Crippen LogP contribution in [-0.2, 0) is 9.59 Å². The number of anilines is 1. The third-order valence-electron chi connectivity index (χ3n) is 4.00. The summed E-state index contributed by atoms with van der Waals surface area (Å²) < 4.78 is 0. The van der Waals surface area contributed by atoms with E-state index < -0.39 is 5.91 Å². The van der Waals surface area contributed by atoms with E-state index in [9.17, 15) is 9.59 Å². The van der Waals surface area contributed by atoms with Crippen LogP contribution < -0.4 is 10.6 Å². The van der Waals surface area contributed by atoms with Gasteiger partial charge in [-0.2, -0.15) is 0 Å². The minimum Gasteiger partial charge on any atom is -0.366 e. The van der Waals surface area contributed by atoms with Crippen LogP contribution in [0.3, 0.4) is 0 Å². The first-order valence-electron chi connectivity index (χ1n) is 7.76. The number of piperazine rings is 1. The van der Waals surface area contributed by atoms with Gasteiger partial charge in [0.2, 0.25) is 5.91 Å². The highest BCUT2D eigenvalue weighted by Gasteiger charge is 2.23. The molecule has 128 valence electrons. The summed E-state index contributed by atoms with van der Waals surface area (Å²) in [4.78, 5) is 41.5. The largest absolute Gasteiger partial charge is 0.366 e. The number of H-pyrrole nitrogens is 1. The zero-order chi connectivity index (χ0) is 17.8. The van der Waals surface area contributed by atoms with Gasteiger partial charge in [0, 0.05) is 44.0 Å². The molecule has 2 aromatic rings. The zero-order valence-electron chi connectivity index (χ0n) is 13.5. The standard InChI is InChI=1S/C16H17N7O2/c1-18-10-14(25)23-6-4-22(5-7-23)13-9-20-16-15(21-13)11(8-19-16)2-3-12(17)24/h2-3,8-9H,4-7,10H2,(H2,17,24)(H,19,20)/b3-2+. The monoisotopic (exact) mass is 339 g/mol. The summed E-state index contributed by atoms with van der Waals surface area (Å²) >= 11 is 0. The third-order valence-corrected chi connectivity index (χ3v) is 4.00. The number of nitrogens with one attached hydrogen (secondary N) is 1. The Morgan fingerprint density at radius 3 is 2.80 bits per heavy atom. The number of hydrogen-bond donors (Lipinski definition) is 2. The van der Waals surface area contributed by atoms with E-state index in [2.05, 4.69) is 19.8 Å². The second-order valence-electron chi connectivity index (χ2n) is 5.59. The number of carbonyl (C=O) groups is 2. The van der Waals surface area contributed by atoms with Crippen molar-refractivity contribution in [2.24, 2.45) is 5.73 Å². The van der Waals surface area contributed by atoms with Crippen LogP contribution in [0, 0.1) is 6.57 Å². The van der Waals surface area contributed by atoms with Crippen molar-refractivity contribution < 1.29 is 9.59 Å². The van der Waals surface area contributed by atoms with E-state index in [0.29, 0.717) is 43.2 Å². The minimum absolute atomic E-state index is 0.106. The van der Waals surface area contributed by atoms with Crippen LogP contribution in [0.15, 0.2) is 18.5 Å². The van der Waals surface area contributed by atoms with Gasteiger partial charge in [-0.05, 0) is 6.08 Å². The van der Waals surface area contributed by atoms with Crippen LogP contribution in [0.1, 0.15) is 5.56 Å². The molecule has 1 aliphatic heterocycles. The van der Waals surface area contributed by atoms with E-state index in [1.165, 1.54) is 6.08 Å². The fraction of sp³-hybridized carbons (Fsp3) is 0.312. The Kier molecular flexibility index (Phi) is 4.61. The molecule has 0 atom stereocenters. The summed E-state index contributed by atoms with van der Waals surface area (Å²) in [7, 11) is 0. The highest BCUT2D eigenvalue weighted by molar-refractivity contribution is 5.93. The highest BCUT2D eigenvalue weighted by atomic mass is 16.2. The molecule has 0 spiro atoms. The van der Waals surface area contributed by atoms with Crippen LogP contribution in [0.4, 0.5) is 5.82 Å². The van der Waals surface area contributed by atoms with Crippen LogP contribution in [0.2, 0.25) is 0 Å². The number of aromatic amines is 1. The van der Waals surface area contributed by atoms with Gasteiger partial charge in [-0.15, -0.1) is 0 Å². The summed E-state index contributed by atoms with van der Waals surface area (Å²) in [5.74, 6) is 0.0393. The molecule has 9 nitrogen and oxygen atoms in total. The Hall–Kier alpha value is -3.41. The summed E-state index contributed by atoms with van der Waals surface area (Å²) in [6.07, 6.45) is 6.27. The Morgan fingerprint density at radius 2 is 2.12 bits per heavy atom. The molecule has 2 aromatic heterocycles. The number of amides is 2. The summed E-state index contributed by atoms with van der Waals surface area (Å²) in [6.45, 7) is 9.03. The molecule has 3 heterocycles. The first-order valence-corrected chi connectivity index (χ1v) is 7.76. The van der Waals surface area contributed by atoms with E-state index >= 15 is 0 Å². The number of hydrogen-bond acceptors (Lipinski definition) is 5. The van der Waals surface area contributed by atoms with Gasteiger partial charge in [0.1, 0.15) is 11.3 Å². The van der Waals surface area contributed by atoms with Crippen molar-refractivity contribution in [2.75, 3.05) is 37.6 Å². The highest BCUT2D eigenvalue weighted by Crippen LogP contribution is 2.20. The van der Waals surface area contributed by atoms with Gasteiger partial charge in [-0.3, -0.25) is 9.59 Å². The molecule has 3 rings (SSSR count). The summed E-state index contributed by atoms with van der Waals surface area (Å²) in [5, 5.41) is 0. The van der Waals surface area contributed by atoms with Crippen molar-refractivity contribution in [3.8, 4) is 0 Å². The van der Waals surface area contributed by atoms with Gasteiger partial charge in [-0.1, -0.05) is 0 Å². The Labute approximate surface area is 144 Å². The average molecular weight is 339 g/mol. The number of rotatable bonds is 4. The van der Waals surface area contributed by atoms with Crippen molar-refractivity contribution in [2.45, 2.75) is 0 Å². The van der Waals surface area contributed by atoms with Gasteiger partial charge >= 0.3 is 5.91 Å². The molecule has 0 radical (unpaired) electrons. The van der Waals surface area contributed by atoms with E-state index in [4.69, 9.17) is 12.3 Å². The van der Waals surface area contributed by atoms with E-state index in [1.54, 1.807) is 23.4 Å². The summed E-state index contributed by atoms with van der Waals surface area (Å²) in [5.41, 5.74) is 7.14. The second kappa shape index (κ2) is 7.00. The molecule has 1 aliphatic rings. The van der Waals surface area contributed by atoms with Crippen LogP contribution >= 0.6 is 0 Å². The van der Waals surface area contributed by atoms with Crippen LogP contribution in [-0.4, -0.2) is 64.4 Å². The molecule has 2 amide bonds. The molecule has 3 N–H and O–H groups in total. The molecule has 0 aliphatic carbocycles.